The zero-order valence-electron chi connectivity index (χ0n) is 7.69. The van der Waals surface area contributed by atoms with Crippen molar-refractivity contribution in [2.24, 2.45) is 0 Å². The van der Waals surface area contributed by atoms with Gasteiger partial charge in [-0.25, -0.2) is 4.79 Å². The van der Waals surface area contributed by atoms with Gasteiger partial charge >= 0.3 is 5.97 Å². The average molecular weight is 201 g/mol. The van der Waals surface area contributed by atoms with E-state index in [-0.39, 0.29) is 17.7 Å². The van der Waals surface area contributed by atoms with Crippen LogP contribution in [0.4, 0.5) is 0 Å². The van der Waals surface area contributed by atoms with E-state index in [4.69, 9.17) is 10.4 Å². The maximum absolute atomic E-state index is 10.6. The number of nitrogens with zero attached hydrogens (tertiary/aromatic N) is 1. The fourth-order valence-electron chi connectivity index (χ4n) is 0.976. The molecule has 0 aliphatic carbocycles. The van der Waals surface area contributed by atoms with Gasteiger partial charge < -0.3 is 10.2 Å². The molecule has 74 valence electrons. The van der Waals surface area contributed by atoms with Gasteiger partial charge in [0.1, 0.15) is 11.3 Å². The number of carbonyl (C=O) groups is 1. The van der Waals surface area contributed by atoms with E-state index in [0.717, 1.165) is 0 Å². The van der Waals surface area contributed by atoms with Crippen molar-refractivity contribution < 1.29 is 15.0 Å². The summed E-state index contributed by atoms with van der Waals surface area (Å²) < 4.78 is 0. The molecule has 0 atom stereocenters. The number of aromatic hydroxyl groups is 1. The summed E-state index contributed by atoms with van der Waals surface area (Å²) >= 11 is 0. The Morgan fingerprint density at radius 1 is 1.47 bits per heavy atom. The van der Waals surface area contributed by atoms with E-state index in [2.05, 4.69) is 11.8 Å². The predicted octanol–water partition coefficient (Wildman–Crippen LogP) is 1.36. The molecule has 0 radical (unpaired) electrons. The summed E-state index contributed by atoms with van der Waals surface area (Å²) in [6.45, 7) is 0. The van der Waals surface area contributed by atoms with E-state index >= 15 is 0 Å². The highest BCUT2D eigenvalue weighted by atomic mass is 16.4. The predicted molar refractivity (Wildman–Crippen MR) is 52.2 cm³/mol. The van der Waals surface area contributed by atoms with Crippen molar-refractivity contribution in [1.29, 1.82) is 5.26 Å². The summed E-state index contributed by atoms with van der Waals surface area (Å²) in [6.07, 6.45) is 0.0987. The van der Waals surface area contributed by atoms with Crippen LogP contribution in [0.1, 0.15) is 22.3 Å². The lowest BCUT2D eigenvalue weighted by Gasteiger charge is -1.98. The topological polar surface area (TPSA) is 81.3 Å². The van der Waals surface area contributed by atoms with E-state index in [0.29, 0.717) is 5.56 Å². The van der Waals surface area contributed by atoms with Gasteiger partial charge in [0.05, 0.1) is 12.5 Å². The molecule has 0 amide bonds. The molecule has 0 spiro atoms. The molecule has 0 bridgehead atoms. The van der Waals surface area contributed by atoms with Crippen LogP contribution in [0.2, 0.25) is 0 Å². The number of hydrogen-bond donors (Lipinski definition) is 2. The first kappa shape index (κ1) is 10.6. The first-order chi connectivity index (χ1) is 7.15. The van der Waals surface area contributed by atoms with E-state index in [1.54, 1.807) is 0 Å². The molecule has 0 aliphatic heterocycles. The quantitative estimate of drug-likeness (QED) is 0.672. The minimum Gasteiger partial charge on any atom is -0.507 e. The highest BCUT2D eigenvalue weighted by Crippen LogP contribution is 2.18. The molecule has 1 aromatic carbocycles. The van der Waals surface area contributed by atoms with Crippen LogP contribution in [0, 0.1) is 23.2 Å². The third-order valence-corrected chi connectivity index (χ3v) is 1.63. The number of carboxylic acid groups (broad SMARTS) is 1. The minimum atomic E-state index is -1.19. The van der Waals surface area contributed by atoms with Crippen molar-refractivity contribution >= 4 is 5.97 Å². The molecule has 4 heteroatoms. The Bertz CT molecular complexity index is 489. The Hall–Kier alpha value is -2.46. The third-order valence-electron chi connectivity index (χ3n) is 1.63. The lowest BCUT2D eigenvalue weighted by Crippen LogP contribution is -1.96. The number of carboxylic acids is 1. The van der Waals surface area contributed by atoms with Gasteiger partial charge in [0.15, 0.2) is 0 Å². The zero-order chi connectivity index (χ0) is 11.3. The summed E-state index contributed by atoms with van der Waals surface area (Å²) in [5.41, 5.74) is 0.314. The molecular weight excluding hydrogens is 194 g/mol. The van der Waals surface area contributed by atoms with Crippen molar-refractivity contribution in [3.63, 3.8) is 0 Å². The van der Waals surface area contributed by atoms with Crippen LogP contribution in [0.5, 0.6) is 5.75 Å². The Kier molecular flexibility index (Phi) is 3.32. The summed E-state index contributed by atoms with van der Waals surface area (Å²) in [5.74, 6) is 3.67. The molecule has 0 fully saturated rings. The second-order valence-electron chi connectivity index (χ2n) is 2.67. The average Bonchev–Trinajstić information content (AvgIpc) is 2.17. The first-order valence-electron chi connectivity index (χ1n) is 4.07. The number of nitriles is 1. The van der Waals surface area contributed by atoms with Gasteiger partial charge in [0, 0.05) is 5.56 Å². The number of hydrogen-bond acceptors (Lipinski definition) is 3. The summed E-state index contributed by atoms with van der Waals surface area (Å²) in [6, 6.07) is 5.86. The van der Waals surface area contributed by atoms with Crippen molar-refractivity contribution in [3.8, 4) is 23.7 Å². The molecular formula is C11H7NO3. The molecule has 4 nitrogen and oxygen atoms in total. The van der Waals surface area contributed by atoms with Crippen LogP contribution in [0.15, 0.2) is 18.2 Å². The molecule has 0 aliphatic rings. The van der Waals surface area contributed by atoms with Crippen LogP contribution >= 0.6 is 0 Å². The van der Waals surface area contributed by atoms with Gasteiger partial charge in [0.25, 0.3) is 0 Å². The molecule has 15 heavy (non-hydrogen) atoms. The molecule has 0 heterocycles. The first-order valence-corrected chi connectivity index (χ1v) is 4.07. The highest BCUT2D eigenvalue weighted by molar-refractivity contribution is 5.90. The number of aromatic carboxylic acids is 1. The Balaban J connectivity index is 2.99. The molecule has 2 N–H and O–H groups in total. The standard InChI is InChI=1S/C11H7NO3/c12-6-2-1-3-8-4-5-9(11(14)15)10(13)7-8/h4-5,7,13H,2H2,(H,14,15). The highest BCUT2D eigenvalue weighted by Gasteiger charge is 2.08. The van der Waals surface area contributed by atoms with Crippen molar-refractivity contribution in [1.82, 2.24) is 0 Å². The van der Waals surface area contributed by atoms with E-state index in [1.165, 1.54) is 18.2 Å². The maximum atomic E-state index is 10.6. The van der Waals surface area contributed by atoms with Gasteiger partial charge in [-0.05, 0) is 18.2 Å². The normalized spacial score (nSPS) is 8.47. The van der Waals surface area contributed by atoms with Crippen molar-refractivity contribution in [2.45, 2.75) is 6.42 Å². The molecule has 1 rings (SSSR count). The minimum absolute atomic E-state index is 0.0987. The zero-order valence-corrected chi connectivity index (χ0v) is 7.69. The summed E-state index contributed by atoms with van der Waals surface area (Å²) in [5, 5.41) is 26.2. The van der Waals surface area contributed by atoms with Gasteiger partial charge in [-0.1, -0.05) is 11.8 Å². The van der Waals surface area contributed by atoms with Crippen LogP contribution in [0.3, 0.4) is 0 Å². The van der Waals surface area contributed by atoms with Crippen LogP contribution in [-0.4, -0.2) is 16.2 Å². The molecule has 1 aromatic rings. The number of rotatable bonds is 1. The van der Waals surface area contributed by atoms with E-state index < -0.39 is 5.97 Å². The van der Waals surface area contributed by atoms with E-state index in [9.17, 15) is 9.90 Å². The van der Waals surface area contributed by atoms with Gasteiger partial charge in [-0.3, -0.25) is 0 Å². The largest absolute Gasteiger partial charge is 0.507 e. The molecule has 0 saturated carbocycles. The lowest BCUT2D eigenvalue weighted by molar-refractivity contribution is 0.0694. The number of phenols is 1. The Morgan fingerprint density at radius 2 is 2.20 bits per heavy atom. The summed E-state index contributed by atoms with van der Waals surface area (Å²) in [4.78, 5) is 10.6. The van der Waals surface area contributed by atoms with Gasteiger partial charge in [-0.2, -0.15) is 5.26 Å². The van der Waals surface area contributed by atoms with Crippen LogP contribution in [-0.2, 0) is 0 Å². The molecule has 0 unspecified atom stereocenters. The Labute approximate surface area is 86.4 Å². The van der Waals surface area contributed by atoms with Crippen molar-refractivity contribution in [3.05, 3.63) is 29.3 Å². The fraction of sp³-hybridized carbons (Fsp3) is 0.0909. The second kappa shape index (κ2) is 4.69. The SMILES string of the molecule is N#CCC#Cc1ccc(C(=O)O)c(O)c1. The van der Waals surface area contributed by atoms with Crippen LogP contribution in [0.25, 0.3) is 0 Å². The monoisotopic (exact) mass is 201 g/mol. The second-order valence-corrected chi connectivity index (χ2v) is 2.67. The van der Waals surface area contributed by atoms with E-state index in [1.807, 2.05) is 6.07 Å². The van der Waals surface area contributed by atoms with Crippen LogP contribution < -0.4 is 0 Å². The summed E-state index contributed by atoms with van der Waals surface area (Å²) in [7, 11) is 0. The van der Waals surface area contributed by atoms with Gasteiger partial charge in [0.2, 0.25) is 0 Å². The Morgan fingerprint density at radius 3 is 2.73 bits per heavy atom. The molecule has 0 saturated heterocycles. The third kappa shape index (κ3) is 2.75. The molecule has 0 aromatic heterocycles. The smallest absolute Gasteiger partial charge is 0.339 e. The van der Waals surface area contributed by atoms with Gasteiger partial charge in [-0.15, -0.1) is 0 Å². The van der Waals surface area contributed by atoms with Crippen molar-refractivity contribution in [2.75, 3.05) is 0 Å². The maximum Gasteiger partial charge on any atom is 0.339 e. The number of benzene rings is 1. The lowest BCUT2D eigenvalue weighted by atomic mass is 10.1. The fourth-order valence-corrected chi connectivity index (χ4v) is 0.976.